The minimum absolute atomic E-state index is 1.26. The Labute approximate surface area is 232 Å². The molecule has 0 unspecified atom stereocenters. The molecule has 0 atom stereocenters. The third kappa shape index (κ3) is 3.62. The highest BCUT2D eigenvalue weighted by Gasteiger charge is 2.32. The fourth-order valence-electron chi connectivity index (χ4n) is 6.10. The Balaban J connectivity index is 1.40. The highest BCUT2D eigenvalue weighted by Crippen LogP contribution is 2.59. The van der Waals surface area contributed by atoms with Crippen LogP contribution in [0, 0.1) is 0 Å². The predicted octanol–water partition coefficient (Wildman–Crippen LogP) is 11.1. The van der Waals surface area contributed by atoms with E-state index in [1.807, 2.05) is 11.8 Å². The molecule has 182 valence electrons. The zero-order chi connectivity index (χ0) is 25.8. The topological polar surface area (TPSA) is 0 Å². The molecule has 1 heteroatoms. The molecule has 7 aromatic rings. The van der Waals surface area contributed by atoms with Crippen molar-refractivity contribution in [3.63, 3.8) is 0 Å². The lowest BCUT2D eigenvalue weighted by atomic mass is 9.70. The average Bonchev–Trinajstić information content (AvgIpc) is 3.00. The second-order valence-electron chi connectivity index (χ2n) is 10.1. The quantitative estimate of drug-likeness (QED) is 0.226. The van der Waals surface area contributed by atoms with Gasteiger partial charge in [0, 0.05) is 9.79 Å². The lowest BCUT2D eigenvalue weighted by Gasteiger charge is -2.32. The van der Waals surface area contributed by atoms with Crippen LogP contribution in [0.3, 0.4) is 0 Å². The molecule has 0 fully saturated rings. The highest BCUT2D eigenvalue weighted by atomic mass is 32.2. The van der Waals surface area contributed by atoms with Gasteiger partial charge in [0.1, 0.15) is 0 Å². The smallest absolute Gasteiger partial charge is 0.0128 e. The number of hydrogen-bond donors (Lipinski definition) is 0. The van der Waals surface area contributed by atoms with E-state index in [1.165, 1.54) is 75.8 Å². The molecule has 0 nitrogen and oxygen atoms in total. The van der Waals surface area contributed by atoms with Gasteiger partial charge in [-0.15, -0.1) is 0 Å². The van der Waals surface area contributed by atoms with Gasteiger partial charge in [-0.05, 0) is 102 Å². The van der Waals surface area contributed by atoms with E-state index in [1.54, 1.807) is 0 Å². The van der Waals surface area contributed by atoms with Crippen LogP contribution in [0.2, 0.25) is 0 Å². The first-order valence-electron chi connectivity index (χ1n) is 13.4. The second kappa shape index (κ2) is 9.01. The zero-order valence-electron chi connectivity index (χ0n) is 21.3. The molecule has 0 N–H and O–H groups in total. The molecule has 0 aromatic heterocycles. The largest absolute Gasteiger partial charge is 0.0901 e. The second-order valence-corrected chi connectivity index (χ2v) is 11.2. The molecule has 8 rings (SSSR count). The van der Waals surface area contributed by atoms with Gasteiger partial charge in [-0.25, -0.2) is 0 Å². The first kappa shape index (κ1) is 22.4. The van der Waals surface area contributed by atoms with Gasteiger partial charge in [0.15, 0.2) is 0 Å². The maximum atomic E-state index is 2.41. The van der Waals surface area contributed by atoms with Crippen molar-refractivity contribution >= 4 is 33.3 Å². The van der Waals surface area contributed by atoms with Crippen LogP contribution in [0.15, 0.2) is 155 Å². The molecule has 39 heavy (non-hydrogen) atoms. The number of benzene rings is 7. The standard InChI is InChI=1S/C38H24S/c1-4-12-25(13-5-1)35-31-18-10-11-19-32(31)36(26-14-6-2-7-15-26)38-34-24-28-22-30(39-29-16-8-3-9-17-29)21-20-27(28)23-33(34)37(35)38/h1-24H. The van der Waals surface area contributed by atoms with Crippen LogP contribution in [-0.2, 0) is 0 Å². The van der Waals surface area contributed by atoms with Crippen LogP contribution >= 0.6 is 11.8 Å². The minimum Gasteiger partial charge on any atom is -0.0901 e. The summed E-state index contributed by atoms with van der Waals surface area (Å²) in [5, 5.41) is 5.18. The van der Waals surface area contributed by atoms with Gasteiger partial charge >= 0.3 is 0 Å². The lowest BCUT2D eigenvalue weighted by Crippen LogP contribution is -2.05. The summed E-state index contributed by atoms with van der Waals surface area (Å²) < 4.78 is 0. The fourth-order valence-corrected chi connectivity index (χ4v) is 6.99. The van der Waals surface area contributed by atoms with E-state index >= 15 is 0 Å². The molecule has 0 saturated heterocycles. The van der Waals surface area contributed by atoms with Crippen molar-refractivity contribution in [3.8, 4) is 44.5 Å². The van der Waals surface area contributed by atoms with Crippen molar-refractivity contribution in [3.05, 3.63) is 146 Å². The predicted molar refractivity (Wildman–Crippen MR) is 167 cm³/mol. The molecule has 0 spiro atoms. The number of fused-ring (bicyclic) bond motifs is 6. The van der Waals surface area contributed by atoms with E-state index in [9.17, 15) is 0 Å². The normalized spacial score (nSPS) is 11.7. The van der Waals surface area contributed by atoms with Gasteiger partial charge in [-0.3, -0.25) is 0 Å². The molecular weight excluding hydrogens is 488 g/mol. The van der Waals surface area contributed by atoms with Crippen LogP contribution in [0.4, 0.5) is 0 Å². The van der Waals surface area contributed by atoms with E-state index in [0.717, 1.165) is 0 Å². The van der Waals surface area contributed by atoms with Crippen molar-refractivity contribution in [2.24, 2.45) is 0 Å². The van der Waals surface area contributed by atoms with Gasteiger partial charge < -0.3 is 0 Å². The first-order valence-corrected chi connectivity index (χ1v) is 14.2. The van der Waals surface area contributed by atoms with Crippen LogP contribution < -0.4 is 0 Å². The summed E-state index contributed by atoms with van der Waals surface area (Å²) in [7, 11) is 0. The van der Waals surface area contributed by atoms with Gasteiger partial charge in [-0.1, -0.05) is 121 Å². The summed E-state index contributed by atoms with van der Waals surface area (Å²) in [6, 6.07) is 53.0. The van der Waals surface area contributed by atoms with Crippen molar-refractivity contribution in [1.82, 2.24) is 0 Å². The highest BCUT2D eigenvalue weighted by molar-refractivity contribution is 7.99. The summed E-state index contributed by atoms with van der Waals surface area (Å²) in [4.78, 5) is 2.52. The van der Waals surface area contributed by atoms with E-state index in [4.69, 9.17) is 0 Å². The summed E-state index contributed by atoms with van der Waals surface area (Å²) >= 11 is 1.82. The van der Waals surface area contributed by atoms with Crippen LogP contribution in [0.5, 0.6) is 0 Å². The Morgan fingerprint density at radius 3 is 1.38 bits per heavy atom. The molecule has 0 aliphatic heterocycles. The number of rotatable bonds is 4. The van der Waals surface area contributed by atoms with Crippen molar-refractivity contribution < 1.29 is 0 Å². The average molecular weight is 513 g/mol. The molecule has 7 aromatic carbocycles. The Morgan fingerprint density at radius 2 is 0.821 bits per heavy atom. The third-order valence-corrected chi connectivity index (χ3v) is 8.80. The summed E-state index contributed by atoms with van der Waals surface area (Å²) in [5.41, 5.74) is 10.7. The molecular formula is C38H24S. The Kier molecular flexibility index (Phi) is 5.17. The first-order chi connectivity index (χ1) is 19.3. The van der Waals surface area contributed by atoms with Crippen molar-refractivity contribution in [2.45, 2.75) is 9.79 Å². The van der Waals surface area contributed by atoms with Crippen LogP contribution in [0.1, 0.15) is 0 Å². The molecule has 0 bridgehead atoms. The van der Waals surface area contributed by atoms with Crippen molar-refractivity contribution in [1.29, 1.82) is 0 Å². The third-order valence-electron chi connectivity index (χ3n) is 7.81. The molecule has 0 radical (unpaired) electrons. The van der Waals surface area contributed by atoms with Gasteiger partial charge in [0.05, 0.1) is 0 Å². The SMILES string of the molecule is c1ccc(Sc2ccc3cc4c(cc3c2)-c2c-4c(-c3ccccc3)c3ccccc3c2-c2ccccc2)cc1. The molecule has 0 amide bonds. The van der Waals surface area contributed by atoms with Gasteiger partial charge in [0.2, 0.25) is 0 Å². The van der Waals surface area contributed by atoms with E-state index in [0.29, 0.717) is 0 Å². The Morgan fingerprint density at radius 1 is 0.333 bits per heavy atom. The minimum atomic E-state index is 1.26. The van der Waals surface area contributed by atoms with Crippen LogP contribution in [-0.4, -0.2) is 0 Å². The summed E-state index contributed by atoms with van der Waals surface area (Å²) in [6.07, 6.45) is 0. The van der Waals surface area contributed by atoms with E-state index in [-0.39, 0.29) is 0 Å². The molecule has 0 heterocycles. The molecule has 1 aliphatic rings. The Bertz CT molecular complexity index is 2010. The summed E-state index contributed by atoms with van der Waals surface area (Å²) in [6.45, 7) is 0. The van der Waals surface area contributed by atoms with Crippen LogP contribution in [0.25, 0.3) is 66.1 Å². The molecule has 0 saturated carbocycles. The maximum absolute atomic E-state index is 2.41. The van der Waals surface area contributed by atoms with Gasteiger partial charge in [0.25, 0.3) is 0 Å². The van der Waals surface area contributed by atoms with E-state index < -0.39 is 0 Å². The van der Waals surface area contributed by atoms with Gasteiger partial charge in [-0.2, -0.15) is 0 Å². The summed E-state index contributed by atoms with van der Waals surface area (Å²) in [5.74, 6) is 0. The zero-order valence-corrected chi connectivity index (χ0v) is 22.1. The maximum Gasteiger partial charge on any atom is 0.0128 e. The fraction of sp³-hybridized carbons (Fsp3) is 0. The monoisotopic (exact) mass is 512 g/mol. The number of hydrogen-bond acceptors (Lipinski definition) is 1. The van der Waals surface area contributed by atoms with Crippen molar-refractivity contribution in [2.75, 3.05) is 0 Å². The van der Waals surface area contributed by atoms with E-state index in [2.05, 4.69) is 146 Å². The molecule has 1 aliphatic carbocycles. The Hall–Kier alpha value is -4.59. The lowest BCUT2D eigenvalue weighted by molar-refractivity contribution is 1.42.